The third kappa shape index (κ3) is 4.61. The van der Waals surface area contributed by atoms with Crippen molar-refractivity contribution < 1.29 is 14.3 Å². The molecule has 1 saturated heterocycles. The SMILES string of the molecule is COCC(C)CC(CN)C(=O)N1CCOCC1. The number of hydrogen-bond acceptors (Lipinski definition) is 4. The van der Waals surface area contributed by atoms with Gasteiger partial charge in [-0.05, 0) is 12.3 Å². The normalized spacial score (nSPS) is 20.1. The van der Waals surface area contributed by atoms with Crippen LogP contribution in [0.25, 0.3) is 0 Å². The van der Waals surface area contributed by atoms with Crippen molar-refractivity contribution >= 4 is 5.91 Å². The first-order valence-corrected chi connectivity index (χ1v) is 6.24. The van der Waals surface area contributed by atoms with Crippen LogP contribution in [0.5, 0.6) is 0 Å². The van der Waals surface area contributed by atoms with E-state index < -0.39 is 0 Å². The summed E-state index contributed by atoms with van der Waals surface area (Å²) in [6.45, 7) is 5.81. The zero-order chi connectivity index (χ0) is 12.7. The summed E-state index contributed by atoms with van der Waals surface area (Å²) in [6, 6.07) is 0. The summed E-state index contributed by atoms with van der Waals surface area (Å²) in [5.41, 5.74) is 5.71. The number of morpholine rings is 1. The van der Waals surface area contributed by atoms with Gasteiger partial charge < -0.3 is 20.1 Å². The van der Waals surface area contributed by atoms with Crippen LogP contribution < -0.4 is 5.73 Å². The average Bonchev–Trinajstić information content (AvgIpc) is 2.36. The number of carbonyl (C=O) groups is 1. The molecule has 1 heterocycles. The fourth-order valence-corrected chi connectivity index (χ4v) is 2.18. The first kappa shape index (κ1) is 14.4. The molecule has 1 fully saturated rings. The first-order valence-electron chi connectivity index (χ1n) is 6.24. The van der Waals surface area contributed by atoms with Crippen LogP contribution in [-0.4, -0.2) is 57.4 Å². The van der Waals surface area contributed by atoms with Crippen molar-refractivity contribution in [2.75, 3.05) is 46.6 Å². The van der Waals surface area contributed by atoms with Crippen LogP contribution in [0, 0.1) is 11.8 Å². The van der Waals surface area contributed by atoms with Gasteiger partial charge in [0.05, 0.1) is 19.1 Å². The molecule has 17 heavy (non-hydrogen) atoms. The highest BCUT2D eigenvalue weighted by Gasteiger charge is 2.26. The summed E-state index contributed by atoms with van der Waals surface area (Å²) < 4.78 is 10.3. The Hall–Kier alpha value is -0.650. The van der Waals surface area contributed by atoms with Crippen molar-refractivity contribution in [2.24, 2.45) is 17.6 Å². The number of rotatable bonds is 6. The summed E-state index contributed by atoms with van der Waals surface area (Å²) in [4.78, 5) is 14.1. The molecule has 5 nitrogen and oxygen atoms in total. The van der Waals surface area contributed by atoms with Crippen LogP contribution in [0.3, 0.4) is 0 Å². The lowest BCUT2D eigenvalue weighted by Gasteiger charge is -2.30. The van der Waals surface area contributed by atoms with Crippen molar-refractivity contribution in [3.05, 3.63) is 0 Å². The molecule has 0 spiro atoms. The molecule has 1 rings (SSSR count). The Labute approximate surface area is 103 Å². The van der Waals surface area contributed by atoms with Crippen molar-refractivity contribution in [1.29, 1.82) is 0 Å². The minimum Gasteiger partial charge on any atom is -0.384 e. The molecular weight excluding hydrogens is 220 g/mol. The fraction of sp³-hybridized carbons (Fsp3) is 0.917. The second-order valence-corrected chi connectivity index (χ2v) is 4.67. The number of carbonyl (C=O) groups excluding carboxylic acids is 1. The van der Waals surface area contributed by atoms with Crippen molar-refractivity contribution in [3.8, 4) is 0 Å². The lowest BCUT2D eigenvalue weighted by atomic mass is 9.95. The third-order valence-electron chi connectivity index (χ3n) is 3.09. The van der Waals surface area contributed by atoms with Gasteiger partial charge in [0.25, 0.3) is 0 Å². The van der Waals surface area contributed by atoms with Gasteiger partial charge in [0.2, 0.25) is 5.91 Å². The Bertz CT molecular complexity index is 230. The van der Waals surface area contributed by atoms with Gasteiger partial charge >= 0.3 is 0 Å². The number of nitrogens with two attached hydrogens (primary N) is 1. The van der Waals surface area contributed by atoms with Gasteiger partial charge in [0, 0.05) is 33.4 Å². The molecule has 0 bridgehead atoms. The minimum atomic E-state index is -0.0850. The van der Waals surface area contributed by atoms with Gasteiger partial charge in [-0.15, -0.1) is 0 Å². The molecule has 2 atom stereocenters. The molecule has 1 aliphatic rings. The van der Waals surface area contributed by atoms with E-state index in [0.717, 1.165) is 6.42 Å². The molecular formula is C12H24N2O3. The van der Waals surface area contributed by atoms with E-state index in [0.29, 0.717) is 45.4 Å². The molecule has 1 aliphatic heterocycles. The van der Waals surface area contributed by atoms with E-state index >= 15 is 0 Å². The molecule has 0 saturated carbocycles. The number of nitrogens with zero attached hydrogens (tertiary/aromatic N) is 1. The molecule has 2 unspecified atom stereocenters. The third-order valence-corrected chi connectivity index (χ3v) is 3.09. The van der Waals surface area contributed by atoms with Crippen LogP contribution in [0.4, 0.5) is 0 Å². The Morgan fingerprint density at radius 1 is 1.47 bits per heavy atom. The van der Waals surface area contributed by atoms with Crippen LogP contribution in [0.15, 0.2) is 0 Å². The highest BCUT2D eigenvalue weighted by molar-refractivity contribution is 5.79. The van der Waals surface area contributed by atoms with Gasteiger partial charge in [0.15, 0.2) is 0 Å². The van der Waals surface area contributed by atoms with E-state index in [4.69, 9.17) is 15.2 Å². The Balaban J connectivity index is 2.44. The second kappa shape index (κ2) is 7.63. The number of ether oxygens (including phenoxy) is 2. The standard InChI is InChI=1S/C12H24N2O3/c1-10(9-16-2)7-11(8-13)12(15)14-3-5-17-6-4-14/h10-11H,3-9,13H2,1-2H3. The molecule has 2 N–H and O–H groups in total. The number of methoxy groups -OCH3 is 1. The van der Waals surface area contributed by atoms with E-state index in [9.17, 15) is 4.79 Å². The highest BCUT2D eigenvalue weighted by atomic mass is 16.5. The maximum absolute atomic E-state index is 12.2. The summed E-state index contributed by atoms with van der Waals surface area (Å²) in [5, 5.41) is 0. The van der Waals surface area contributed by atoms with E-state index in [-0.39, 0.29) is 11.8 Å². The lowest BCUT2D eigenvalue weighted by molar-refractivity contribution is -0.140. The predicted molar refractivity (Wildman–Crippen MR) is 65.6 cm³/mol. The minimum absolute atomic E-state index is 0.0850. The Kier molecular flexibility index (Phi) is 6.47. The van der Waals surface area contributed by atoms with E-state index in [2.05, 4.69) is 6.92 Å². The zero-order valence-corrected chi connectivity index (χ0v) is 10.9. The summed E-state index contributed by atoms with van der Waals surface area (Å²) in [7, 11) is 1.68. The molecule has 1 amide bonds. The highest BCUT2D eigenvalue weighted by Crippen LogP contribution is 2.15. The monoisotopic (exact) mass is 244 g/mol. The zero-order valence-electron chi connectivity index (χ0n) is 10.9. The largest absolute Gasteiger partial charge is 0.384 e. The van der Waals surface area contributed by atoms with Gasteiger partial charge in [-0.2, -0.15) is 0 Å². The van der Waals surface area contributed by atoms with Crippen molar-refractivity contribution in [1.82, 2.24) is 4.90 Å². The van der Waals surface area contributed by atoms with E-state index in [1.807, 2.05) is 4.90 Å². The average molecular weight is 244 g/mol. The molecule has 0 aliphatic carbocycles. The topological polar surface area (TPSA) is 64.8 Å². The van der Waals surface area contributed by atoms with Crippen LogP contribution in [0.1, 0.15) is 13.3 Å². The smallest absolute Gasteiger partial charge is 0.227 e. The predicted octanol–water partition coefficient (Wildman–Crippen LogP) is 0.0927. The molecule has 0 radical (unpaired) electrons. The number of amides is 1. The fourth-order valence-electron chi connectivity index (χ4n) is 2.18. The maximum Gasteiger partial charge on any atom is 0.227 e. The van der Waals surface area contributed by atoms with E-state index in [1.165, 1.54) is 0 Å². The van der Waals surface area contributed by atoms with Gasteiger partial charge in [-0.25, -0.2) is 0 Å². The molecule has 0 aromatic carbocycles. The quantitative estimate of drug-likeness (QED) is 0.719. The maximum atomic E-state index is 12.2. The second-order valence-electron chi connectivity index (χ2n) is 4.67. The number of hydrogen-bond donors (Lipinski definition) is 1. The Morgan fingerprint density at radius 3 is 2.65 bits per heavy atom. The van der Waals surface area contributed by atoms with Crippen molar-refractivity contribution in [2.45, 2.75) is 13.3 Å². The van der Waals surface area contributed by atoms with Crippen molar-refractivity contribution in [3.63, 3.8) is 0 Å². The molecule has 0 aromatic rings. The van der Waals surface area contributed by atoms with Crippen LogP contribution in [-0.2, 0) is 14.3 Å². The molecule has 5 heteroatoms. The first-order chi connectivity index (χ1) is 8.19. The molecule has 100 valence electrons. The van der Waals surface area contributed by atoms with Gasteiger partial charge in [-0.1, -0.05) is 6.92 Å². The van der Waals surface area contributed by atoms with Gasteiger partial charge in [-0.3, -0.25) is 4.79 Å². The Morgan fingerprint density at radius 2 is 2.12 bits per heavy atom. The van der Waals surface area contributed by atoms with Gasteiger partial charge in [0.1, 0.15) is 0 Å². The van der Waals surface area contributed by atoms with Crippen LogP contribution in [0.2, 0.25) is 0 Å². The summed E-state index contributed by atoms with van der Waals surface area (Å²) in [6.07, 6.45) is 0.792. The lowest BCUT2D eigenvalue weighted by Crippen LogP contribution is -2.45. The summed E-state index contributed by atoms with van der Waals surface area (Å²) >= 11 is 0. The van der Waals surface area contributed by atoms with E-state index in [1.54, 1.807) is 7.11 Å². The summed E-state index contributed by atoms with van der Waals surface area (Å²) in [5.74, 6) is 0.440. The van der Waals surface area contributed by atoms with Crippen LogP contribution >= 0.6 is 0 Å². The molecule has 0 aromatic heterocycles.